The van der Waals surface area contributed by atoms with Crippen LogP contribution < -0.4 is 30.1 Å². The summed E-state index contributed by atoms with van der Waals surface area (Å²) in [6.45, 7) is 1.64. The second-order valence-electron chi connectivity index (χ2n) is 8.43. The van der Waals surface area contributed by atoms with Crippen molar-refractivity contribution in [2.24, 2.45) is 5.73 Å². The molecule has 38 heavy (non-hydrogen) atoms. The van der Waals surface area contributed by atoms with E-state index < -0.39 is 22.0 Å². The van der Waals surface area contributed by atoms with Gasteiger partial charge in [-0.1, -0.05) is 18.2 Å². The van der Waals surface area contributed by atoms with Gasteiger partial charge in [0.2, 0.25) is 5.91 Å². The first-order valence-electron chi connectivity index (χ1n) is 11.5. The Bertz CT molecular complexity index is 1570. The van der Waals surface area contributed by atoms with Gasteiger partial charge in [0.15, 0.2) is 11.6 Å². The second kappa shape index (κ2) is 10.8. The van der Waals surface area contributed by atoms with Crippen LogP contribution in [0.1, 0.15) is 6.92 Å². The van der Waals surface area contributed by atoms with Gasteiger partial charge in [-0.25, -0.2) is 18.4 Å². The van der Waals surface area contributed by atoms with E-state index in [2.05, 4.69) is 20.0 Å². The van der Waals surface area contributed by atoms with Crippen molar-refractivity contribution < 1.29 is 22.7 Å². The normalized spacial score (nSPS) is 12.0. The Kier molecular flexibility index (Phi) is 7.53. The molecule has 0 saturated heterocycles. The molecule has 11 nitrogen and oxygen atoms in total. The summed E-state index contributed by atoms with van der Waals surface area (Å²) in [6, 6.07) is 17.8. The van der Waals surface area contributed by atoms with Gasteiger partial charge in [0.1, 0.15) is 17.5 Å². The van der Waals surface area contributed by atoms with Gasteiger partial charge in [0.05, 0.1) is 30.1 Å². The molecule has 1 atom stereocenters. The Labute approximate surface area is 220 Å². The molecule has 1 aromatic heterocycles. The summed E-state index contributed by atoms with van der Waals surface area (Å²) in [5.41, 5.74) is 7.54. The summed E-state index contributed by atoms with van der Waals surface area (Å²) in [4.78, 5) is 22.3. The molecule has 1 amide bonds. The minimum atomic E-state index is -4.11. The number of likely N-dealkylation sites (N-methyl/N-ethyl adjacent to an activating group) is 1. The van der Waals surface area contributed by atoms with Crippen molar-refractivity contribution in [2.75, 3.05) is 36.2 Å². The molecular formula is C26H28N6O5S. The van der Waals surface area contributed by atoms with Crippen molar-refractivity contribution in [1.29, 1.82) is 0 Å². The van der Waals surface area contributed by atoms with Crippen molar-refractivity contribution in [1.82, 2.24) is 9.97 Å². The third-order valence-electron chi connectivity index (χ3n) is 5.94. The molecule has 0 unspecified atom stereocenters. The first kappa shape index (κ1) is 26.5. The lowest BCUT2D eigenvalue weighted by molar-refractivity contribution is -0.118. The lowest BCUT2D eigenvalue weighted by atomic mass is 10.2. The molecule has 0 radical (unpaired) electrons. The van der Waals surface area contributed by atoms with Gasteiger partial charge >= 0.3 is 0 Å². The largest absolute Gasteiger partial charge is 0.497 e. The van der Waals surface area contributed by atoms with Gasteiger partial charge < -0.3 is 25.4 Å². The molecule has 0 aliphatic heterocycles. The zero-order valence-electron chi connectivity index (χ0n) is 21.3. The van der Waals surface area contributed by atoms with Crippen molar-refractivity contribution in [3.8, 4) is 11.5 Å². The second-order valence-corrected chi connectivity index (χ2v) is 10.1. The van der Waals surface area contributed by atoms with Crippen LogP contribution in [0.25, 0.3) is 11.0 Å². The molecule has 0 saturated carbocycles. The highest BCUT2D eigenvalue weighted by atomic mass is 32.2. The van der Waals surface area contributed by atoms with E-state index in [1.165, 1.54) is 26.4 Å². The number of amides is 1. The average molecular weight is 537 g/mol. The molecule has 4 aromatic rings. The number of nitrogens with zero attached hydrogens (tertiary/aromatic N) is 3. The Hall–Kier alpha value is -4.58. The Morgan fingerprint density at radius 3 is 2.11 bits per heavy atom. The minimum Gasteiger partial charge on any atom is -0.497 e. The highest BCUT2D eigenvalue weighted by Crippen LogP contribution is 2.32. The van der Waals surface area contributed by atoms with Gasteiger partial charge in [-0.3, -0.25) is 9.52 Å². The minimum absolute atomic E-state index is 0.00486. The predicted molar refractivity (Wildman–Crippen MR) is 147 cm³/mol. The maximum absolute atomic E-state index is 13.5. The number of carbonyl (C=O) groups excluding carboxylic acids is 1. The van der Waals surface area contributed by atoms with Gasteiger partial charge in [-0.15, -0.1) is 0 Å². The summed E-state index contributed by atoms with van der Waals surface area (Å²) < 4.78 is 40.2. The van der Waals surface area contributed by atoms with E-state index in [0.717, 1.165) is 0 Å². The van der Waals surface area contributed by atoms with Crippen LogP contribution in [0.3, 0.4) is 0 Å². The zero-order valence-corrected chi connectivity index (χ0v) is 22.1. The first-order chi connectivity index (χ1) is 18.1. The van der Waals surface area contributed by atoms with Crippen molar-refractivity contribution in [2.45, 2.75) is 17.9 Å². The van der Waals surface area contributed by atoms with Crippen LogP contribution in [0.15, 0.2) is 71.6 Å². The number of carbonyl (C=O) groups is 1. The van der Waals surface area contributed by atoms with Crippen molar-refractivity contribution in [3.63, 3.8) is 0 Å². The van der Waals surface area contributed by atoms with Crippen molar-refractivity contribution in [3.05, 3.63) is 66.7 Å². The number of para-hydroxylation sites is 2. The number of primary amides is 1. The molecule has 0 bridgehead atoms. The van der Waals surface area contributed by atoms with Crippen LogP contribution in [0.4, 0.5) is 23.0 Å². The summed E-state index contributed by atoms with van der Waals surface area (Å²) in [5, 5.41) is 3.12. The van der Waals surface area contributed by atoms with Gasteiger partial charge in [-0.05, 0) is 37.3 Å². The number of nitrogens with one attached hydrogen (secondary N) is 2. The van der Waals surface area contributed by atoms with Crippen LogP contribution in [-0.2, 0) is 14.8 Å². The molecule has 12 heteroatoms. The third-order valence-corrected chi connectivity index (χ3v) is 7.28. The van der Waals surface area contributed by atoms with E-state index in [-0.39, 0.29) is 16.5 Å². The van der Waals surface area contributed by atoms with Crippen LogP contribution in [-0.4, -0.2) is 51.6 Å². The van der Waals surface area contributed by atoms with E-state index in [1.54, 1.807) is 67.4 Å². The Morgan fingerprint density at radius 2 is 1.53 bits per heavy atom. The summed E-state index contributed by atoms with van der Waals surface area (Å²) in [7, 11) is 0.614. The number of ether oxygens (including phenoxy) is 2. The fourth-order valence-electron chi connectivity index (χ4n) is 3.65. The molecule has 0 fully saturated rings. The molecule has 0 aliphatic carbocycles. The molecule has 0 aliphatic rings. The van der Waals surface area contributed by atoms with Crippen LogP contribution in [0, 0.1) is 0 Å². The number of nitrogens with two attached hydrogens (primary N) is 1. The van der Waals surface area contributed by atoms with Gasteiger partial charge in [-0.2, -0.15) is 0 Å². The monoisotopic (exact) mass is 536 g/mol. The summed E-state index contributed by atoms with van der Waals surface area (Å²) in [6.07, 6.45) is 0. The van der Waals surface area contributed by atoms with Crippen LogP contribution >= 0.6 is 0 Å². The third kappa shape index (κ3) is 5.70. The average Bonchev–Trinajstić information content (AvgIpc) is 2.92. The SMILES string of the molecule is COc1cc(Nc2nc3ccccc3nc2NS(=O)(=O)c2cccc(N(C)[C@@H](C)C(N)=O)c2)cc(OC)c1. The fraction of sp³-hybridized carbons (Fsp3) is 0.192. The summed E-state index contributed by atoms with van der Waals surface area (Å²) in [5.74, 6) is 0.714. The topological polar surface area (TPSA) is 149 Å². The number of benzene rings is 3. The van der Waals surface area contributed by atoms with Gasteiger partial charge in [0, 0.05) is 36.6 Å². The Balaban J connectivity index is 1.74. The number of hydrogen-bond acceptors (Lipinski definition) is 9. The predicted octanol–water partition coefficient (Wildman–Crippen LogP) is 3.50. The highest BCUT2D eigenvalue weighted by molar-refractivity contribution is 7.92. The van der Waals surface area contributed by atoms with E-state index in [4.69, 9.17) is 15.2 Å². The molecular weight excluding hydrogens is 508 g/mol. The summed E-state index contributed by atoms with van der Waals surface area (Å²) >= 11 is 0. The number of sulfonamides is 1. The maximum atomic E-state index is 13.5. The first-order valence-corrected chi connectivity index (χ1v) is 13.0. The van der Waals surface area contributed by atoms with E-state index in [0.29, 0.717) is 33.9 Å². The van der Waals surface area contributed by atoms with Gasteiger partial charge in [0.25, 0.3) is 10.0 Å². The smallest absolute Gasteiger partial charge is 0.263 e. The number of rotatable bonds is 10. The molecule has 1 heterocycles. The number of methoxy groups -OCH3 is 2. The quantitative estimate of drug-likeness (QED) is 0.277. The molecule has 3 aromatic carbocycles. The van der Waals surface area contributed by atoms with Crippen molar-refractivity contribution >= 4 is 50.0 Å². The number of aromatic nitrogens is 2. The lowest BCUT2D eigenvalue weighted by Crippen LogP contribution is -2.40. The maximum Gasteiger partial charge on any atom is 0.263 e. The van der Waals surface area contributed by atoms with Crippen LogP contribution in [0.2, 0.25) is 0 Å². The number of hydrogen-bond donors (Lipinski definition) is 3. The van der Waals surface area contributed by atoms with E-state index in [1.807, 2.05) is 6.07 Å². The molecule has 198 valence electrons. The number of anilines is 4. The zero-order chi connectivity index (χ0) is 27.4. The van der Waals surface area contributed by atoms with E-state index >= 15 is 0 Å². The number of fused-ring (bicyclic) bond motifs is 1. The Morgan fingerprint density at radius 1 is 0.921 bits per heavy atom. The highest BCUT2D eigenvalue weighted by Gasteiger charge is 2.22. The van der Waals surface area contributed by atoms with Crippen LogP contribution in [0.5, 0.6) is 11.5 Å². The molecule has 4 N–H and O–H groups in total. The standard InChI is InChI=1S/C26H28N6O5S/c1-16(24(27)33)32(2)18-8-7-9-21(14-18)38(34,35)31-26-25(29-22-10-5-6-11-23(22)30-26)28-17-12-19(36-3)15-20(13-17)37-4/h5-16H,1-4H3,(H2,27,33)(H,28,29)(H,30,31)/t16-/m0/s1. The van der Waals surface area contributed by atoms with E-state index in [9.17, 15) is 13.2 Å². The lowest BCUT2D eigenvalue weighted by Gasteiger charge is -2.25. The molecule has 4 rings (SSSR count). The molecule has 0 spiro atoms. The fourth-order valence-corrected chi connectivity index (χ4v) is 4.69.